The summed E-state index contributed by atoms with van der Waals surface area (Å²) in [6, 6.07) is 8.27. The van der Waals surface area contributed by atoms with Crippen LogP contribution in [-0.4, -0.2) is 9.13 Å². The molecule has 3 rings (SSSR count). The maximum absolute atomic E-state index is 12.8. The standard InChI is InChI=1S/C27H36N2O2/c1-8-22(14-12-19(2)3)31-23-11-9-10-20(16-23)21-13-15-24-25(17-21)28(7)26(30)29(24)18-27(4,5)6/h8-12,14-17,19,21H,13,18H2,1-7H3. The molecule has 1 aromatic carbocycles. The molecule has 0 aliphatic heterocycles. The topological polar surface area (TPSA) is 36.2 Å². The van der Waals surface area contributed by atoms with E-state index in [0.29, 0.717) is 12.5 Å². The zero-order valence-electron chi connectivity index (χ0n) is 20.0. The molecule has 1 aromatic heterocycles. The van der Waals surface area contributed by atoms with E-state index in [2.05, 4.69) is 65.0 Å². The molecule has 166 valence electrons. The highest BCUT2D eigenvalue weighted by molar-refractivity contribution is 5.48. The van der Waals surface area contributed by atoms with Gasteiger partial charge in [0, 0.05) is 19.5 Å². The number of rotatable bonds is 6. The molecule has 4 heteroatoms. The molecule has 4 nitrogen and oxygen atoms in total. The Morgan fingerprint density at radius 2 is 2.00 bits per heavy atom. The van der Waals surface area contributed by atoms with Crippen LogP contribution in [0.4, 0.5) is 0 Å². The molecule has 0 amide bonds. The van der Waals surface area contributed by atoms with Gasteiger partial charge >= 0.3 is 5.69 Å². The Balaban J connectivity index is 1.92. The van der Waals surface area contributed by atoms with Crippen molar-refractivity contribution >= 4 is 12.2 Å². The Hall–Kier alpha value is -2.75. The molecule has 2 aromatic rings. The fourth-order valence-corrected chi connectivity index (χ4v) is 3.89. The first-order valence-electron chi connectivity index (χ1n) is 11.2. The van der Waals surface area contributed by atoms with Crippen molar-refractivity contribution in [1.29, 1.82) is 0 Å². The van der Waals surface area contributed by atoms with Crippen LogP contribution in [0.25, 0.3) is 12.2 Å². The summed E-state index contributed by atoms with van der Waals surface area (Å²) in [4.78, 5) is 12.8. The van der Waals surface area contributed by atoms with E-state index < -0.39 is 0 Å². The number of nitrogens with zero attached hydrogens (tertiary/aromatic N) is 2. The molecule has 31 heavy (non-hydrogen) atoms. The summed E-state index contributed by atoms with van der Waals surface area (Å²) in [6.07, 6.45) is 11.4. The van der Waals surface area contributed by atoms with Crippen molar-refractivity contribution < 1.29 is 4.74 Å². The number of hydrogen-bond donors (Lipinski definition) is 0. The number of allylic oxidation sites excluding steroid dienone is 3. The second kappa shape index (κ2) is 9.17. The van der Waals surface area contributed by atoms with Crippen LogP contribution in [0, 0.1) is 11.3 Å². The first-order valence-corrected chi connectivity index (χ1v) is 11.2. The van der Waals surface area contributed by atoms with Crippen LogP contribution in [0.15, 0.2) is 53.0 Å². The number of hydrogen-bond acceptors (Lipinski definition) is 2. The van der Waals surface area contributed by atoms with Gasteiger partial charge in [0.25, 0.3) is 0 Å². The summed E-state index contributed by atoms with van der Waals surface area (Å²) in [5, 5.41) is 2.05. The quantitative estimate of drug-likeness (QED) is 0.510. The van der Waals surface area contributed by atoms with Gasteiger partial charge in [-0.3, -0.25) is 9.13 Å². The van der Waals surface area contributed by atoms with Crippen molar-refractivity contribution in [2.45, 2.75) is 60.4 Å². The fourth-order valence-electron chi connectivity index (χ4n) is 3.89. The average molecular weight is 421 g/mol. The molecule has 0 fully saturated rings. The zero-order chi connectivity index (χ0) is 22.8. The van der Waals surface area contributed by atoms with Gasteiger partial charge in [0.1, 0.15) is 11.5 Å². The molecule has 0 radical (unpaired) electrons. The summed E-state index contributed by atoms with van der Waals surface area (Å²) in [7, 11) is 1.87. The molecule has 0 spiro atoms. The SMILES string of the molecule is CC=C(C=CC(C)C)Oc1cccc(C2C=c3c(n(CC(C)(C)C)c(=O)n3C)=CC2)c1. The zero-order valence-corrected chi connectivity index (χ0v) is 20.0. The van der Waals surface area contributed by atoms with Crippen LogP contribution in [0.5, 0.6) is 5.75 Å². The fraction of sp³-hybridized carbons (Fsp3) is 0.444. The van der Waals surface area contributed by atoms with Crippen molar-refractivity contribution in [2.24, 2.45) is 18.4 Å². The van der Waals surface area contributed by atoms with Gasteiger partial charge in [-0.25, -0.2) is 4.79 Å². The van der Waals surface area contributed by atoms with E-state index in [1.807, 2.05) is 42.8 Å². The molecule has 1 atom stereocenters. The lowest BCUT2D eigenvalue weighted by Gasteiger charge is -2.19. The normalized spacial score (nSPS) is 16.9. The minimum atomic E-state index is 0.0455. The monoisotopic (exact) mass is 420 g/mol. The van der Waals surface area contributed by atoms with Crippen molar-refractivity contribution in [3.63, 3.8) is 0 Å². The van der Waals surface area contributed by atoms with Gasteiger partial charge in [0.15, 0.2) is 0 Å². The minimum absolute atomic E-state index is 0.0455. The molecule has 0 saturated heterocycles. The molecule has 1 heterocycles. The third-order valence-corrected chi connectivity index (χ3v) is 5.44. The molecule has 0 bridgehead atoms. The van der Waals surface area contributed by atoms with E-state index >= 15 is 0 Å². The Kier molecular flexibility index (Phi) is 6.78. The van der Waals surface area contributed by atoms with Gasteiger partial charge in [-0.2, -0.15) is 0 Å². The maximum Gasteiger partial charge on any atom is 0.328 e. The first kappa shape index (κ1) is 22.9. The van der Waals surface area contributed by atoms with E-state index in [1.165, 1.54) is 5.56 Å². The Morgan fingerprint density at radius 3 is 2.65 bits per heavy atom. The summed E-state index contributed by atoms with van der Waals surface area (Å²) < 4.78 is 9.80. The third-order valence-electron chi connectivity index (χ3n) is 5.44. The van der Waals surface area contributed by atoms with E-state index in [4.69, 9.17) is 4.74 Å². The van der Waals surface area contributed by atoms with E-state index in [0.717, 1.165) is 28.6 Å². The van der Waals surface area contributed by atoms with Gasteiger partial charge in [-0.05, 0) is 54.5 Å². The highest BCUT2D eigenvalue weighted by Crippen LogP contribution is 2.27. The van der Waals surface area contributed by atoms with Gasteiger partial charge in [-0.1, -0.05) is 65.0 Å². The van der Waals surface area contributed by atoms with Crippen LogP contribution < -0.4 is 21.1 Å². The summed E-state index contributed by atoms with van der Waals surface area (Å²) in [5.74, 6) is 2.36. The van der Waals surface area contributed by atoms with Crippen LogP contribution in [0.1, 0.15) is 59.4 Å². The highest BCUT2D eigenvalue weighted by atomic mass is 16.5. The Bertz CT molecular complexity index is 1170. The number of aromatic nitrogens is 2. The van der Waals surface area contributed by atoms with Gasteiger partial charge < -0.3 is 4.74 Å². The molecular weight excluding hydrogens is 384 g/mol. The van der Waals surface area contributed by atoms with Crippen molar-refractivity contribution in [1.82, 2.24) is 9.13 Å². The van der Waals surface area contributed by atoms with Crippen LogP contribution in [0.2, 0.25) is 0 Å². The van der Waals surface area contributed by atoms with E-state index in [9.17, 15) is 4.79 Å². The van der Waals surface area contributed by atoms with E-state index in [1.54, 1.807) is 4.57 Å². The lowest BCUT2D eigenvalue weighted by molar-refractivity contribution is 0.333. The molecule has 1 aliphatic carbocycles. The van der Waals surface area contributed by atoms with Crippen LogP contribution >= 0.6 is 0 Å². The smallest absolute Gasteiger partial charge is 0.328 e. The van der Waals surface area contributed by atoms with Crippen molar-refractivity contribution in [3.8, 4) is 5.75 Å². The summed E-state index contributed by atoms with van der Waals surface area (Å²) in [6.45, 7) is 13.5. The van der Waals surface area contributed by atoms with Gasteiger partial charge in [0.05, 0.1) is 10.7 Å². The predicted molar refractivity (Wildman–Crippen MR) is 129 cm³/mol. The summed E-state index contributed by atoms with van der Waals surface area (Å²) in [5.41, 5.74) is 1.29. The van der Waals surface area contributed by atoms with Crippen molar-refractivity contribution in [3.05, 3.63) is 75.0 Å². The van der Waals surface area contributed by atoms with Gasteiger partial charge in [-0.15, -0.1) is 0 Å². The minimum Gasteiger partial charge on any atom is -0.458 e. The second-order valence-corrected chi connectivity index (χ2v) is 9.94. The highest BCUT2D eigenvalue weighted by Gasteiger charge is 2.20. The lowest BCUT2D eigenvalue weighted by atomic mass is 9.92. The number of imidazole rings is 1. The molecule has 0 N–H and O–H groups in total. The number of benzene rings is 1. The molecule has 1 unspecified atom stereocenters. The lowest BCUT2D eigenvalue weighted by Crippen LogP contribution is -2.37. The summed E-state index contributed by atoms with van der Waals surface area (Å²) >= 11 is 0. The molecule has 1 aliphatic rings. The predicted octanol–water partition coefficient (Wildman–Crippen LogP) is 4.48. The van der Waals surface area contributed by atoms with E-state index in [-0.39, 0.29) is 17.0 Å². The molecular formula is C27H36N2O2. The largest absolute Gasteiger partial charge is 0.458 e. The Morgan fingerprint density at radius 1 is 1.26 bits per heavy atom. The third kappa shape index (κ3) is 5.49. The van der Waals surface area contributed by atoms with Crippen LogP contribution in [-0.2, 0) is 13.6 Å². The average Bonchev–Trinajstić information content (AvgIpc) is 2.94. The van der Waals surface area contributed by atoms with Gasteiger partial charge in [0.2, 0.25) is 0 Å². The maximum atomic E-state index is 12.8. The second-order valence-electron chi connectivity index (χ2n) is 9.94. The van der Waals surface area contributed by atoms with Crippen LogP contribution in [0.3, 0.4) is 0 Å². The number of ether oxygens (including phenoxy) is 1. The van der Waals surface area contributed by atoms with Crippen molar-refractivity contribution in [2.75, 3.05) is 0 Å². The Labute approximate surface area is 185 Å². The first-order chi connectivity index (χ1) is 14.6. The number of fused-ring (bicyclic) bond motifs is 1. The molecule has 0 saturated carbocycles.